The van der Waals surface area contributed by atoms with Gasteiger partial charge in [0.1, 0.15) is 5.82 Å². The molecule has 0 fully saturated rings. The third-order valence-electron chi connectivity index (χ3n) is 2.06. The average Bonchev–Trinajstić information content (AvgIpc) is 2.45. The van der Waals surface area contributed by atoms with E-state index in [2.05, 4.69) is 5.10 Å². The highest BCUT2D eigenvalue weighted by Gasteiger charge is 2.03. The quantitative estimate of drug-likeness (QED) is 0.676. The minimum absolute atomic E-state index is 0.241. The maximum absolute atomic E-state index is 13.0. The van der Waals surface area contributed by atoms with Crippen molar-refractivity contribution in [1.29, 1.82) is 0 Å². The zero-order chi connectivity index (χ0) is 10.1. The Morgan fingerprint density at radius 3 is 2.57 bits per heavy atom. The molecule has 0 bridgehead atoms. The van der Waals surface area contributed by atoms with Crippen molar-refractivity contribution in [2.24, 2.45) is 0 Å². The minimum atomic E-state index is -0.241. The van der Waals surface area contributed by atoms with E-state index in [0.29, 0.717) is 0 Å². The van der Waals surface area contributed by atoms with Crippen LogP contribution in [0.4, 0.5) is 4.39 Å². The number of halogens is 1. The molecule has 2 rings (SSSR count). The molecule has 0 atom stereocenters. The summed E-state index contributed by atoms with van der Waals surface area (Å²) >= 11 is 0. The zero-order valence-corrected chi connectivity index (χ0v) is 8.16. The van der Waals surface area contributed by atoms with E-state index in [1.165, 1.54) is 12.1 Å². The first kappa shape index (κ1) is 8.94. The Labute approximate surface area is 82.0 Å². The van der Waals surface area contributed by atoms with E-state index < -0.39 is 0 Å². The number of benzene rings is 1. The Morgan fingerprint density at radius 1 is 1.21 bits per heavy atom. The molecule has 72 valence electrons. The molecule has 0 saturated heterocycles. The molecule has 2 aromatic rings. The van der Waals surface area contributed by atoms with Gasteiger partial charge in [0.15, 0.2) is 0 Å². The summed E-state index contributed by atoms with van der Waals surface area (Å²) in [5, 5.41) is 4.27. The van der Waals surface area contributed by atoms with Gasteiger partial charge in [0, 0.05) is 5.69 Å². The van der Waals surface area contributed by atoms with Gasteiger partial charge in [-0.15, -0.1) is 0 Å². The lowest BCUT2D eigenvalue weighted by molar-refractivity contribution is 0.625. The molecular formula is C11H11FN2. The Morgan fingerprint density at radius 2 is 2.00 bits per heavy atom. The van der Waals surface area contributed by atoms with Crippen molar-refractivity contribution in [2.45, 2.75) is 13.8 Å². The lowest BCUT2D eigenvalue weighted by Crippen LogP contribution is -1.98. The van der Waals surface area contributed by atoms with E-state index in [-0.39, 0.29) is 5.82 Å². The summed E-state index contributed by atoms with van der Waals surface area (Å²) < 4.78 is 14.7. The highest BCUT2D eigenvalue weighted by Crippen LogP contribution is 2.12. The van der Waals surface area contributed by atoms with Gasteiger partial charge in [0.05, 0.1) is 11.4 Å². The fraction of sp³-hybridized carbons (Fsp3) is 0.182. The van der Waals surface area contributed by atoms with Crippen molar-refractivity contribution >= 4 is 0 Å². The molecule has 2 nitrogen and oxygen atoms in total. The van der Waals surface area contributed by atoms with E-state index >= 15 is 0 Å². The van der Waals surface area contributed by atoms with Crippen LogP contribution in [-0.2, 0) is 0 Å². The largest absolute Gasteiger partial charge is 0.238 e. The first-order valence-electron chi connectivity index (χ1n) is 4.46. The number of aromatic nitrogens is 2. The number of aryl methyl sites for hydroxylation is 2. The lowest BCUT2D eigenvalue weighted by atomic mass is 10.3. The molecule has 0 aliphatic rings. The molecule has 1 heterocycles. The Bertz CT molecular complexity index is 460. The molecule has 14 heavy (non-hydrogen) atoms. The van der Waals surface area contributed by atoms with Gasteiger partial charge in [-0.25, -0.2) is 9.07 Å². The summed E-state index contributed by atoms with van der Waals surface area (Å²) in [6.07, 6.45) is 0. The van der Waals surface area contributed by atoms with Crippen LogP contribution in [0.5, 0.6) is 0 Å². The van der Waals surface area contributed by atoms with Gasteiger partial charge in [-0.3, -0.25) is 0 Å². The molecule has 1 aromatic carbocycles. The second-order valence-corrected chi connectivity index (χ2v) is 3.32. The summed E-state index contributed by atoms with van der Waals surface area (Å²) in [4.78, 5) is 0. The smallest absolute Gasteiger partial charge is 0.125 e. The van der Waals surface area contributed by atoms with E-state index in [4.69, 9.17) is 0 Å². The summed E-state index contributed by atoms with van der Waals surface area (Å²) in [6, 6.07) is 8.38. The molecule has 0 aliphatic heterocycles. The molecule has 0 N–H and O–H groups in total. The van der Waals surface area contributed by atoms with Crippen molar-refractivity contribution < 1.29 is 4.39 Å². The normalized spacial score (nSPS) is 10.5. The van der Waals surface area contributed by atoms with E-state index in [1.807, 2.05) is 26.0 Å². The Hall–Kier alpha value is -1.64. The first-order chi connectivity index (χ1) is 6.66. The SMILES string of the molecule is Cc1cc(C)n(-c2cccc(F)c2)n1. The molecule has 1 aromatic heterocycles. The van der Waals surface area contributed by atoms with Crippen molar-refractivity contribution in [3.8, 4) is 5.69 Å². The maximum atomic E-state index is 13.0. The third-order valence-corrected chi connectivity index (χ3v) is 2.06. The predicted molar refractivity (Wildman–Crippen MR) is 53.0 cm³/mol. The van der Waals surface area contributed by atoms with E-state index in [0.717, 1.165) is 17.1 Å². The third kappa shape index (κ3) is 1.53. The first-order valence-corrected chi connectivity index (χ1v) is 4.46. The second-order valence-electron chi connectivity index (χ2n) is 3.32. The Kier molecular flexibility index (Phi) is 2.08. The van der Waals surface area contributed by atoms with Gasteiger partial charge >= 0.3 is 0 Å². The minimum Gasteiger partial charge on any atom is -0.238 e. The van der Waals surface area contributed by atoms with Crippen LogP contribution in [-0.4, -0.2) is 9.78 Å². The summed E-state index contributed by atoms with van der Waals surface area (Å²) in [5.41, 5.74) is 2.70. The number of hydrogen-bond acceptors (Lipinski definition) is 1. The highest BCUT2D eigenvalue weighted by atomic mass is 19.1. The van der Waals surface area contributed by atoms with Crippen molar-refractivity contribution in [1.82, 2.24) is 9.78 Å². The van der Waals surface area contributed by atoms with Crippen LogP contribution in [0.3, 0.4) is 0 Å². The molecular weight excluding hydrogens is 179 g/mol. The number of hydrogen-bond donors (Lipinski definition) is 0. The van der Waals surface area contributed by atoms with Crippen molar-refractivity contribution in [2.75, 3.05) is 0 Å². The van der Waals surface area contributed by atoms with E-state index in [1.54, 1.807) is 10.7 Å². The molecule has 3 heteroatoms. The van der Waals surface area contributed by atoms with Gasteiger partial charge < -0.3 is 0 Å². The lowest BCUT2D eigenvalue weighted by Gasteiger charge is -2.03. The van der Waals surface area contributed by atoms with Crippen LogP contribution in [0.15, 0.2) is 30.3 Å². The average molecular weight is 190 g/mol. The predicted octanol–water partition coefficient (Wildman–Crippen LogP) is 2.63. The topological polar surface area (TPSA) is 17.8 Å². The van der Waals surface area contributed by atoms with Gasteiger partial charge in [-0.05, 0) is 38.1 Å². The molecule has 0 radical (unpaired) electrons. The molecule has 0 amide bonds. The van der Waals surface area contributed by atoms with Gasteiger partial charge in [-0.2, -0.15) is 5.10 Å². The Balaban J connectivity index is 2.54. The fourth-order valence-corrected chi connectivity index (χ4v) is 1.50. The van der Waals surface area contributed by atoms with Crippen molar-refractivity contribution in [3.05, 3.63) is 47.5 Å². The van der Waals surface area contributed by atoms with Crippen LogP contribution in [0.25, 0.3) is 5.69 Å². The molecule has 0 unspecified atom stereocenters. The van der Waals surface area contributed by atoms with Gasteiger partial charge in [0.25, 0.3) is 0 Å². The molecule has 0 saturated carbocycles. The fourth-order valence-electron chi connectivity index (χ4n) is 1.50. The standard InChI is InChI=1S/C11H11FN2/c1-8-6-9(2)14(13-8)11-5-3-4-10(12)7-11/h3-7H,1-2H3. The van der Waals surface area contributed by atoms with Crippen LogP contribution in [0, 0.1) is 19.7 Å². The highest BCUT2D eigenvalue weighted by molar-refractivity contribution is 5.33. The van der Waals surface area contributed by atoms with Crippen LogP contribution >= 0.6 is 0 Å². The van der Waals surface area contributed by atoms with Gasteiger partial charge in [-0.1, -0.05) is 6.07 Å². The monoisotopic (exact) mass is 190 g/mol. The molecule has 0 aliphatic carbocycles. The number of nitrogens with zero attached hydrogens (tertiary/aromatic N) is 2. The summed E-state index contributed by atoms with van der Waals surface area (Å²) in [6.45, 7) is 3.87. The van der Waals surface area contributed by atoms with Gasteiger partial charge in [0.2, 0.25) is 0 Å². The van der Waals surface area contributed by atoms with E-state index in [9.17, 15) is 4.39 Å². The number of rotatable bonds is 1. The maximum Gasteiger partial charge on any atom is 0.125 e. The van der Waals surface area contributed by atoms with Crippen LogP contribution < -0.4 is 0 Å². The van der Waals surface area contributed by atoms with Crippen LogP contribution in [0.1, 0.15) is 11.4 Å². The second kappa shape index (κ2) is 3.25. The van der Waals surface area contributed by atoms with Crippen LogP contribution in [0.2, 0.25) is 0 Å². The van der Waals surface area contributed by atoms with Crippen molar-refractivity contribution in [3.63, 3.8) is 0 Å². The molecule has 0 spiro atoms. The summed E-state index contributed by atoms with van der Waals surface area (Å²) in [5.74, 6) is -0.241. The zero-order valence-electron chi connectivity index (χ0n) is 8.16. The summed E-state index contributed by atoms with van der Waals surface area (Å²) in [7, 11) is 0.